The number of aliphatic hydroxyl groups is 1. The van der Waals surface area contributed by atoms with Gasteiger partial charge in [-0.3, -0.25) is 4.79 Å². The number of carbonyl (C=O) groups is 1. The Morgan fingerprint density at radius 2 is 1.89 bits per heavy atom. The molecule has 3 aromatic rings. The Balaban J connectivity index is 1.57. The number of carbonyl (C=O) groups excluding carboxylic acids is 1. The summed E-state index contributed by atoms with van der Waals surface area (Å²) in [6, 6.07) is 11.8. The number of hydrogen-bond acceptors (Lipinski definition) is 7. The summed E-state index contributed by atoms with van der Waals surface area (Å²) in [7, 11) is 7.96. The topological polar surface area (TPSA) is 84.8 Å². The number of nitrogens with zero attached hydrogens (tertiary/aromatic N) is 5. The van der Waals surface area contributed by atoms with Crippen LogP contribution in [-0.4, -0.2) is 84.7 Å². The second-order valence-electron chi connectivity index (χ2n) is 9.90. The van der Waals surface area contributed by atoms with Gasteiger partial charge in [0, 0.05) is 61.8 Å². The van der Waals surface area contributed by atoms with Crippen molar-refractivity contribution in [3.8, 4) is 0 Å². The molecule has 0 unspecified atom stereocenters. The van der Waals surface area contributed by atoms with Gasteiger partial charge >= 0.3 is 0 Å². The van der Waals surface area contributed by atoms with Crippen molar-refractivity contribution in [1.29, 1.82) is 0 Å². The number of piperidine rings is 1. The van der Waals surface area contributed by atoms with E-state index < -0.39 is 0 Å². The Morgan fingerprint density at radius 3 is 2.58 bits per heavy atom. The van der Waals surface area contributed by atoms with Gasteiger partial charge < -0.3 is 25.1 Å². The Bertz CT molecular complexity index is 1380. The summed E-state index contributed by atoms with van der Waals surface area (Å²) in [5.41, 5.74) is 5.85. The smallest absolute Gasteiger partial charge is 0.257 e. The first-order chi connectivity index (χ1) is 18.3. The second kappa shape index (κ2) is 12.0. The maximum Gasteiger partial charge on any atom is 0.257 e. The van der Waals surface area contributed by atoms with Gasteiger partial charge in [0.15, 0.2) is 0 Å². The molecule has 38 heavy (non-hydrogen) atoms. The molecular weight excluding hydrogens is 476 g/mol. The minimum Gasteiger partial charge on any atom is -0.390 e. The molecule has 0 saturated carbocycles. The molecule has 4 rings (SSSR count). The first-order valence-corrected chi connectivity index (χ1v) is 12.8. The number of benzene rings is 1. The lowest BCUT2D eigenvalue weighted by Gasteiger charge is -2.35. The van der Waals surface area contributed by atoms with E-state index in [9.17, 15) is 9.90 Å². The average molecular weight is 513 g/mol. The summed E-state index contributed by atoms with van der Waals surface area (Å²) in [5, 5.41) is 14.7. The molecule has 0 radical (unpaired) electrons. The Labute approximate surface area is 224 Å². The van der Waals surface area contributed by atoms with Crippen LogP contribution in [0.25, 0.3) is 16.3 Å². The highest BCUT2D eigenvalue weighted by atomic mass is 16.3. The maximum atomic E-state index is 13.1. The number of rotatable bonds is 8. The highest BCUT2D eigenvalue weighted by molar-refractivity contribution is 6.05. The van der Waals surface area contributed by atoms with Crippen molar-refractivity contribution in [3.05, 3.63) is 84.0 Å². The molecule has 0 atom stereocenters. The number of aromatic nitrogens is 2. The van der Waals surface area contributed by atoms with E-state index in [0.717, 1.165) is 59.4 Å². The molecule has 1 aromatic carbocycles. The third-order valence-electron chi connectivity index (χ3n) is 7.13. The van der Waals surface area contributed by atoms with E-state index in [1.165, 1.54) is 0 Å². The van der Waals surface area contributed by atoms with E-state index in [-0.39, 0.29) is 12.5 Å². The molecule has 8 heteroatoms. The lowest BCUT2D eigenvalue weighted by Crippen LogP contribution is -2.42. The van der Waals surface area contributed by atoms with Gasteiger partial charge in [0.25, 0.3) is 5.91 Å². The van der Waals surface area contributed by atoms with Crippen LogP contribution in [0, 0.1) is 0 Å². The number of amides is 1. The first kappa shape index (κ1) is 27.1. The fourth-order valence-corrected chi connectivity index (χ4v) is 4.79. The van der Waals surface area contributed by atoms with Gasteiger partial charge in [-0.2, -0.15) is 0 Å². The van der Waals surface area contributed by atoms with E-state index in [4.69, 9.17) is 0 Å². The van der Waals surface area contributed by atoms with Crippen LogP contribution in [-0.2, 0) is 0 Å². The molecule has 0 bridgehead atoms. The monoisotopic (exact) mass is 512 g/mol. The van der Waals surface area contributed by atoms with Crippen molar-refractivity contribution < 1.29 is 9.90 Å². The van der Waals surface area contributed by atoms with Crippen LogP contribution in [0.2, 0.25) is 0 Å². The highest BCUT2D eigenvalue weighted by Gasteiger charge is 2.22. The molecule has 2 aromatic heterocycles. The summed E-state index contributed by atoms with van der Waals surface area (Å²) in [5.74, 6) is 1.01. The Hall–Kier alpha value is -3.97. The molecular formula is C30H36N6O2. The van der Waals surface area contributed by atoms with Crippen molar-refractivity contribution >= 4 is 33.9 Å². The van der Waals surface area contributed by atoms with E-state index >= 15 is 0 Å². The number of fused-ring (bicyclic) bond motifs is 1. The van der Waals surface area contributed by atoms with Crippen molar-refractivity contribution in [3.63, 3.8) is 0 Å². The number of aliphatic hydroxyl groups excluding tert-OH is 1. The number of likely N-dealkylation sites (tertiary alicyclic amines) is 1. The van der Waals surface area contributed by atoms with Gasteiger partial charge in [-0.15, -0.1) is 5.73 Å². The predicted molar refractivity (Wildman–Crippen MR) is 154 cm³/mol. The highest BCUT2D eigenvalue weighted by Crippen LogP contribution is 2.27. The van der Waals surface area contributed by atoms with Crippen LogP contribution < -0.4 is 10.2 Å². The largest absolute Gasteiger partial charge is 0.390 e. The second-order valence-corrected chi connectivity index (χ2v) is 9.90. The summed E-state index contributed by atoms with van der Waals surface area (Å²) in [6.45, 7) is 5.71. The van der Waals surface area contributed by atoms with Crippen molar-refractivity contribution in [2.75, 3.05) is 58.1 Å². The molecule has 1 amide bonds. The average Bonchev–Trinajstić information content (AvgIpc) is 2.92. The van der Waals surface area contributed by atoms with Crippen LogP contribution in [0.5, 0.6) is 0 Å². The predicted octanol–water partition coefficient (Wildman–Crippen LogP) is 4.02. The van der Waals surface area contributed by atoms with Gasteiger partial charge in [-0.05, 0) is 74.3 Å². The molecule has 1 aliphatic rings. The van der Waals surface area contributed by atoms with Gasteiger partial charge in [0.1, 0.15) is 11.6 Å². The fraction of sp³-hybridized carbons (Fsp3) is 0.333. The molecule has 8 nitrogen and oxygen atoms in total. The third kappa shape index (κ3) is 6.11. The van der Waals surface area contributed by atoms with Gasteiger partial charge in [-0.25, -0.2) is 9.97 Å². The standard InChI is InChI=1S/C30H36N6O2/c1-6-7-26(27(20-37)34(2)3)21-8-9-23-19-32-28(17-24(23)16-21)33-30(38)22-10-13-31-29(18-22)36(5)25-11-14-35(4)15-12-25/h7-10,13,16-19,25,37H,1,11-12,14-15,20H2,2-5H3,(H,32,33,38)/b27-26+. The Kier molecular flexibility index (Phi) is 8.59. The van der Waals surface area contributed by atoms with Crippen LogP contribution in [0.4, 0.5) is 11.6 Å². The minimum atomic E-state index is -0.237. The molecule has 2 N–H and O–H groups in total. The van der Waals surface area contributed by atoms with Crippen LogP contribution in [0.15, 0.2) is 72.9 Å². The molecule has 198 valence electrons. The lowest BCUT2D eigenvalue weighted by atomic mass is 10.00. The van der Waals surface area contributed by atoms with Gasteiger partial charge in [-0.1, -0.05) is 18.7 Å². The van der Waals surface area contributed by atoms with Gasteiger partial charge in [0.05, 0.1) is 6.61 Å². The van der Waals surface area contributed by atoms with E-state index in [1.807, 2.05) is 56.4 Å². The number of anilines is 2. The zero-order chi connectivity index (χ0) is 27.2. The number of likely N-dealkylation sites (N-methyl/N-ethyl adjacent to an activating group) is 1. The first-order valence-electron chi connectivity index (χ1n) is 12.8. The summed E-state index contributed by atoms with van der Waals surface area (Å²) in [4.78, 5) is 28.5. The quantitative estimate of drug-likeness (QED) is 0.348. The minimum absolute atomic E-state index is 0.114. The molecule has 1 aliphatic heterocycles. The van der Waals surface area contributed by atoms with Crippen molar-refractivity contribution in [2.45, 2.75) is 18.9 Å². The summed E-state index contributed by atoms with van der Waals surface area (Å²) < 4.78 is 0. The van der Waals surface area contributed by atoms with E-state index in [1.54, 1.807) is 24.5 Å². The Morgan fingerprint density at radius 1 is 1.13 bits per heavy atom. The summed E-state index contributed by atoms with van der Waals surface area (Å²) >= 11 is 0. The molecule has 0 spiro atoms. The molecule has 1 saturated heterocycles. The normalized spacial score (nSPS) is 15.0. The van der Waals surface area contributed by atoms with E-state index in [0.29, 0.717) is 17.4 Å². The molecule has 1 fully saturated rings. The maximum absolute atomic E-state index is 13.1. The third-order valence-corrected chi connectivity index (χ3v) is 7.13. The number of pyridine rings is 2. The number of hydrogen-bond donors (Lipinski definition) is 2. The van der Waals surface area contributed by atoms with Crippen LogP contribution in [0.1, 0.15) is 28.8 Å². The molecule has 0 aliphatic carbocycles. The van der Waals surface area contributed by atoms with Gasteiger partial charge in [0.2, 0.25) is 0 Å². The zero-order valence-electron chi connectivity index (χ0n) is 22.6. The van der Waals surface area contributed by atoms with Crippen LogP contribution >= 0.6 is 0 Å². The SMILES string of the molecule is C=C=C/C(=C(/CO)N(C)C)c1ccc2cnc(NC(=O)c3ccnc(N(C)C4CCN(C)CC4)c3)cc2c1. The zero-order valence-corrected chi connectivity index (χ0v) is 22.6. The number of nitrogens with one attached hydrogen (secondary N) is 1. The van der Waals surface area contributed by atoms with Crippen molar-refractivity contribution in [2.24, 2.45) is 0 Å². The summed E-state index contributed by atoms with van der Waals surface area (Å²) in [6.07, 6.45) is 7.33. The van der Waals surface area contributed by atoms with E-state index in [2.05, 4.69) is 44.4 Å². The number of allylic oxidation sites excluding steroid dienone is 2. The lowest BCUT2D eigenvalue weighted by molar-refractivity contribution is 0.102. The molecule has 3 heterocycles. The van der Waals surface area contributed by atoms with Crippen molar-refractivity contribution in [1.82, 2.24) is 19.8 Å². The fourth-order valence-electron chi connectivity index (χ4n) is 4.79. The van der Waals surface area contributed by atoms with Crippen LogP contribution in [0.3, 0.4) is 0 Å².